The minimum atomic E-state index is -3.90. The zero-order valence-corrected chi connectivity index (χ0v) is 23.8. The predicted molar refractivity (Wildman–Crippen MR) is 146 cm³/mol. The summed E-state index contributed by atoms with van der Waals surface area (Å²) in [7, 11) is -3.90. The summed E-state index contributed by atoms with van der Waals surface area (Å²) in [6.07, 6.45) is 8.09. The normalized spacial score (nSPS) is 16.2. The average molecular weight is 539 g/mol. The van der Waals surface area contributed by atoms with Crippen molar-refractivity contribution in [2.75, 3.05) is 26.3 Å². The van der Waals surface area contributed by atoms with Gasteiger partial charge in [-0.2, -0.15) is 0 Å². The summed E-state index contributed by atoms with van der Waals surface area (Å²) in [4.78, 5) is 27.7. The summed E-state index contributed by atoms with van der Waals surface area (Å²) < 4.78 is 24.0. The van der Waals surface area contributed by atoms with E-state index in [-0.39, 0.29) is 37.9 Å². The van der Waals surface area contributed by atoms with Gasteiger partial charge in [-0.15, -0.1) is 0 Å². The number of benzene rings is 1. The smallest absolute Gasteiger partial charge is 0.360 e. The molecule has 0 saturated heterocycles. The van der Waals surface area contributed by atoms with Crippen molar-refractivity contribution in [3.05, 3.63) is 35.9 Å². The van der Waals surface area contributed by atoms with Crippen LogP contribution in [0.15, 0.2) is 30.3 Å². The molecule has 2 N–H and O–H groups in total. The summed E-state index contributed by atoms with van der Waals surface area (Å²) in [5, 5.41) is 13.9. The molecule has 1 aromatic carbocycles. The number of likely N-dealkylation sites (N-methyl/N-ethyl adjacent to an activating group) is 1. The van der Waals surface area contributed by atoms with Crippen molar-refractivity contribution in [3.63, 3.8) is 0 Å². The number of nitrogens with zero attached hydrogens (tertiary/aromatic N) is 1. The molecule has 1 unspecified atom stereocenters. The lowest BCUT2D eigenvalue weighted by atomic mass is 9.86. The second kappa shape index (κ2) is 17.0. The molecule has 0 radical (unpaired) electrons. The second-order valence-electron chi connectivity index (χ2n) is 9.75. The van der Waals surface area contributed by atoms with Crippen LogP contribution in [-0.4, -0.2) is 60.0 Å². The van der Waals surface area contributed by atoms with Gasteiger partial charge in [0.2, 0.25) is 11.8 Å². The molecular weight excluding hydrogens is 491 g/mol. The van der Waals surface area contributed by atoms with E-state index in [4.69, 9.17) is 9.05 Å². The van der Waals surface area contributed by atoms with Crippen molar-refractivity contribution in [2.24, 2.45) is 5.92 Å². The third-order valence-corrected chi connectivity index (χ3v) is 9.31. The molecule has 0 bridgehead atoms. The molecule has 37 heavy (non-hydrogen) atoms. The van der Waals surface area contributed by atoms with E-state index in [0.29, 0.717) is 25.4 Å². The fraction of sp³-hybridized carbons (Fsp3) is 0.714. The fourth-order valence-electron chi connectivity index (χ4n) is 4.96. The maximum Gasteiger partial charge on any atom is 0.360 e. The van der Waals surface area contributed by atoms with Gasteiger partial charge in [-0.05, 0) is 51.5 Å². The van der Waals surface area contributed by atoms with E-state index in [1.54, 1.807) is 18.7 Å². The Kier molecular flexibility index (Phi) is 14.4. The number of rotatable bonds is 17. The lowest BCUT2D eigenvalue weighted by Crippen LogP contribution is -2.45. The molecule has 0 heterocycles. The van der Waals surface area contributed by atoms with Crippen LogP contribution in [0.3, 0.4) is 0 Å². The molecule has 2 atom stereocenters. The second-order valence-corrected chi connectivity index (χ2v) is 11.9. The standard InChI is InChI=1S/C28H47N2O6P/c1-4-30(22-21-24-15-11-8-12-16-24)27(32)20-18-25(28(33)37(34,35-5-2)36-6-3)29-26(31)19-17-23-13-9-7-10-14-23/h8,11-12,15-16,23,25,28,33H,4-7,9-10,13-14,17-22H2,1-3H3,(H,29,31)/t25-,28?/m0/s1. The quantitative estimate of drug-likeness (QED) is 0.261. The molecule has 1 aliphatic carbocycles. The van der Waals surface area contributed by atoms with Crippen LogP contribution in [0.2, 0.25) is 0 Å². The molecule has 2 rings (SSSR count). The number of carbonyl (C=O) groups excluding carboxylic acids is 2. The summed E-state index contributed by atoms with van der Waals surface area (Å²) in [5.74, 6) is -1.30. The van der Waals surface area contributed by atoms with Crippen molar-refractivity contribution in [2.45, 2.75) is 96.9 Å². The van der Waals surface area contributed by atoms with E-state index in [2.05, 4.69) is 5.32 Å². The third-order valence-electron chi connectivity index (χ3n) is 7.07. The first kappa shape index (κ1) is 31.5. The Morgan fingerprint density at radius 1 is 1.05 bits per heavy atom. The third kappa shape index (κ3) is 10.9. The molecule has 1 aliphatic rings. The topological polar surface area (TPSA) is 105 Å². The van der Waals surface area contributed by atoms with Crippen molar-refractivity contribution in [1.82, 2.24) is 10.2 Å². The molecular formula is C28H47N2O6P. The highest BCUT2D eigenvalue weighted by atomic mass is 31.2. The maximum atomic E-state index is 13.3. The van der Waals surface area contributed by atoms with E-state index in [1.807, 2.05) is 37.3 Å². The first-order valence-corrected chi connectivity index (χ1v) is 15.6. The molecule has 0 spiro atoms. The van der Waals surface area contributed by atoms with Crippen LogP contribution in [0, 0.1) is 5.92 Å². The van der Waals surface area contributed by atoms with Gasteiger partial charge in [0.1, 0.15) is 0 Å². The van der Waals surface area contributed by atoms with Crippen molar-refractivity contribution >= 4 is 19.4 Å². The SMILES string of the molecule is CCOP(=O)(OCC)C(O)[C@H](CCC(=O)N(CC)CCc1ccccc1)NC(=O)CCC1CCCCC1. The van der Waals surface area contributed by atoms with Gasteiger partial charge in [-0.3, -0.25) is 14.2 Å². The van der Waals surface area contributed by atoms with Crippen molar-refractivity contribution < 1.29 is 28.3 Å². The van der Waals surface area contributed by atoms with Gasteiger partial charge in [0.15, 0.2) is 5.85 Å². The number of aliphatic hydroxyl groups is 1. The van der Waals surface area contributed by atoms with Crippen LogP contribution in [0.25, 0.3) is 0 Å². The number of amides is 2. The van der Waals surface area contributed by atoms with Crippen LogP contribution in [0.5, 0.6) is 0 Å². The summed E-state index contributed by atoms with van der Waals surface area (Å²) in [6, 6.07) is 9.07. The highest BCUT2D eigenvalue weighted by Gasteiger charge is 2.40. The van der Waals surface area contributed by atoms with E-state index >= 15 is 0 Å². The highest BCUT2D eigenvalue weighted by molar-refractivity contribution is 7.54. The van der Waals surface area contributed by atoms with E-state index in [0.717, 1.165) is 31.2 Å². The number of hydrogen-bond donors (Lipinski definition) is 2. The zero-order valence-electron chi connectivity index (χ0n) is 22.9. The minimum absolute atomic E-state index is 0.0743. The van der Waals surface area contributed by atoms with Crippen molar-refractivity contribution in [3.8, 4) is 0 Å². The van der Waals surface area contributed by atoms with Gasteiger partial charge < -0.3 is 24.4 Å². The number of hydrogen-bond acceptors (Lipinski definition) is 6. The lowest BCUT2D eigenvalue weighted by Gasteiger charge is -2.30. The van der Waals surface area contributed by atoms with Crippen LogP contribution in [0.4, 0.5) is 0 Å². The number of carbonyl (C=O) groups is 2. The minimum Gasteiger partial charge on any atom is -0.379 e. The van der Waals surface area contributed by atoms with E-state index < -0.39 is 19.5 Å². The maximum absolute atomic E-state index is 13.3. The van der Waals surface area contributed by atoms with Gasteiger partial charge in [-0.25, -0.2) is 0 Å². The van der Waals surface area contributed by atoms with Gasteiger partial charge in [-0.1, -0.05) is 62.4 Å². The predicted octanol–water partition coefficient (Wildman–Crippen LogP) is 5.29. The molecule has 1 fully saturated rings. The summed E-state index contributed by atoms with van der Waals surface area (Å²) >= 11 is 0. The van der Waals surface area contributed by atoms with Gasteiger partial charge >= 0.3 is 7.60 Å². The Bertz CT molecular complexity index is 836. The number of nitrogens with one attached hydrogen (secondary N) is 1. The van der Waals surface area contributed by atoms with Crippen LogP contribution < -0.4 is 5.32 Å². The van der Waals surface area contributed by atoms with E-state index in [9.17, 15) is 19.3 Å². The molecule has 9 heteroatoms. The lowest BCUT2D eigenvalue weighted by molar-refractivity contribution is -0.131. The molecule has 0 aromatic heterocycles. The first-order valence-electron chi connectivity index (χ1n) is 14.0. The number of aliphatic hydroxyl groups excluding tert-OH is 1. The Morgan fingerprint density at radius 3 is 2.30 bits per heavy atom. The Morgan fingerprint density at radius 2 is 1.70 bits per heavy atom. The fourth-order valence-corrected chi connectivity index (χ4v) is 6.73. The molecule has 210 valence electrons. The van der Waals surface area contributed by atoms with E-state index in [1.165, 1.54) is 19.3 Å². The van der Waals surface area contributed by atoms with Crippen LogP contribution >= 0.6 is 7.60 Å². The average Bonchev–Trinajstić information content (AvgIpc) is 2.91. The summed E-state index contributed by atoms with van der Waals surface area (Å²) in [6.45, 7) is 6.61. The zero-order chi connectivity index (χ0) is 27.1. The van der Waals surface area contributed by atoms with Gasteiger partial charge in [0.25, 0.3) is 0 Å². The van der Waals surface area contributed by atoms with Crippen LogP contribution in [-0.2, 0) is 29.6 Å². The Balaban J connectivity index is 2.03. The Hall–Kier alpha value is -1.73. The Labute approximate surface area is 223 Å². The van der Waals surface area contributed by atoms with Crippen LogP contribution in [0.1, 0.15) is 84.1 Å². The molecule has 0 aliphatic heterocycles. The molecule has 2 amide bonds. The first-order chi connectivity index (χ1) is 17.8. The van der Waals surface area contributed by atoms with Gasteiger partial charge in [0, 0.05) is 25.9 Å². The highest BCUT2D eigenvalue weighted by Crippen LogP contribution is 2.53. The monoisotopic (exact) mass is 538 g/mol. The largest absolute Gasteiger partial charge is 0.379 e. The molecule has 8 nitrogen and oxygen atoms in total. The van der Waals surface area contributed by atoms with Gasteiger partial charge in [0.05, 0.1) is 19.3 Å². The molecule has 1 saturated carbocycles. The molecule has 1 aromatic rings. The summed E-state index contributed by atoms with van der Waals surface area (Å²) in [5.41, 5.74) is 1.15. The van der Waals surface area contributed by atoms with Crippen molar-refractivity contribution in [1.29, 1.82) is 0 Å².